The molecule has 1 aliphatic heterocycles. The third-order valence-corrected chi connectivity index (χ3v) is 4.08. The van der Waals surface area contributed by atoms with Gasteiger partial charge in [0.1, 0.15) is 5.60 Å². The molecular formula is C16H26N2O. The van der Waals surface area contributed by atoms with E-state index in [1.54, 1.807) is 0 Å². The lowest BCUT2D eigenvalue weighted by Gasteiger charge is -2.40. The maximum absolute atomic E-state index is 10.8. The molecule has 0 saturated carbocycles. The minimum absolute atomic E-state index is 0.260. The van der Waals surface area contributed by atoms with Crippen molar-refractivity contribution in [2.24, 2.45) is 17.6 Å². The number of likely N-dealkylation sites (tertiary alicyclic amines) is 1. The van der Waals surface area contributed by atoms with Gasteiger partial charge in [0.2, 0.25) is 0 Å². The van der Waals surface area contributed by atoms with E-state index in [1.807, 2.05) is 30.3 Å². The standard InChI is InChI=1S/C16H26N2O/c1-13-8-14(2)10-18(9-13)12-16(19,11-17)15-6-4-3-5-7-15/h3-7,13-14,19H,8-12,17H2,1-2H3. The molecule has 0 bridgehead atoms. The van der Waals surface area contributed by atoms with Crippen LogP contribution < -0.4 is 5.73 Å². The number of β-amino-alcohol motifs (C(OH)–C–C–N with tert-alkyl or cyclic N) is 1. The molecule has 1 saturated heterocycles. The highest BCUT2D eigenvalue weighted by atomic mass is 16.3. The summed E-state index contributed by atoms with van der Waals surface area (Å²) < 4.78 is 0. The summed E-state index contributed by atoms with van der Waals surface area (Å²) in [6.07, 6.45) is 1.28. The average molecular weight is 262 g/mol. The number of hydrogen-bond acceptors (Lipinski definition) is 3. The minimum atomic E-state index is -0.933. The predicted molar refractivity (Wildman–Crippen MR) is 78.8 cm³/mol. The first-order chi connectivity index (χ1) is 9.03. The SMILES string of the molecule is CC1CC(C)CN(CC(O)(CN)c2ccccc2)C1. The van der Waals surface area contributed by atoms with Crippen molar-refractivity contribution in [3.8, 4) is 0 Å². The monoisotopic (exact) mass is 262 g/mol. The predicted octanol–water partition coefficient (Wildman–Crippen LogP) is 1.81. The van der Waals surface area contributed by atoms with Gasteiger partial charge in [-0.3, -0.25) is 4.90 Å². The normalized spacial score (nSPS) is 28.0. The number of piperidine rings is 1. The van der Waals surface area contributed by atoms with E-state index in [0.717, 1.165) is 18.7 Å². The summed E-state index contributed by atoms with van der Waals surface area (Å²) in [6, 6.07) is 9.80. The van der Waals surface area contributed by atoms with Crippen molar-refractivity contribution in [2.75, 3.05) is 26.2 Å². The molecule has 3 heteroatoms. The lowest BCUT2D eigenvalue weighted by atomic mass is 9.88. The van der Waals surface area contributed by atoms with Gasteiger partial charge >= 0.3 is 0 Å². The Bertz CT molecular complexity index is 385. The summed E-state index contributed by atoms with van der Waals surface area (Å²) in [7, 11) is 0. The number of rotatable bonds is 4. The number of hydrogen-bond donors (Lipinski definition) is 2. The van der Waals surface area contributed by atoms with Crippen molar-refractivity contribution in [1.82, 2.24) is 4.90 Å². The van der Waals surface area contributed by atoms with E-state index < -0.39 is 5.60 Å². The van der Waals surface area contributed by atoms with Crippen LogP contribution in [0.3, 0.4) is 0 Å². The molecule has 0 amide bonds. The molecule has 19 heavy (non-hydrogen) atoms. The van der Waals surface area contributed by atoms with E-state index in [-0.39, 0.29) is 6.54 Å². The average Bonchev–Trinajstić information content (AvgIpc) is 2.38. The molecule has 0 aliphatic carbocycles. The fraction of sp³-hybridized carbons (Fsp3) is 0.625. The molecule has 0 spiro atoms. The molecule has 3 atom stereocenters. The molecule has 1 aromatic rings. The van der Waals surface area contributed by atoms with Crippen molar-refractivity contribution in [3.63, 3.8) is 0 Å². The highest BCUT2D eigenvalue weighted by Crippen LogP contribution is 2.26. The fourth-order valence-electron chi connectivity index (χ4n) is 3.31. The second kappa shape index (κ2) is 6.04. The topological polar surface area (TPSA) is 49.5 Å². The van der Waals surface area contributed by atoms with E-state index in [2.05, 4.69) is 18.7 Å². The zero-order valence-electron chi connectivity index (χ0n) is 12.0. The van der Waals surface area contributed by atoms with Gasteiger partial charge in [0.05, 0.1) is 0 Å². The van der Waals surface area contributed by atoms with Gasteiger partial charge < -0.3 is 10.8 Å². The number of nitrogens with two attached hydrogens (primary N) is 1. The molecule has 0 radical (unpaired) electrons. The second-order valence-electron chi connectivity index (χ2n) is 6.24. The van der Waals surface area contributed by atoms with Crippen molar-refractivity contribution in [1.29, 1.82) is 0 Å². The van der Waals surface area contributed by atoms with Gasteiger partial charge in [-0.25, -0.2) is 0 Å². The summed E-state index contributed by atoms with van der Waals surface area (Å²) >= 11 is 0. The molecule has 1 fully saturated rings. The largest absolute Gasteiger partial charge is 0.382 e. The number of aliphatic hydroxyl groups is 1. The van der Waals surface area contributed by atoms with E-state index in [9.17, 15) is 5.11 Å². The van der Waals surface area contributed by atoms with Crippen LogP contribution in [0.5, 0.6) is 0 Å². The fourth-order valence-corrected chi connectivity index (χ4v) is 3.31. The van der Waals surface area contributed by atoms with Crippen molar-refractivity contribution in [3.05, 3.63) is 35.9 Å². The van der Waals surface area contributed by atoms with E-state index in [4.69, 9.17) is 5.73 Å². The molecular weight excluding hydrogens is 236 g/mol. The quantitative estimate of drug-likeness (QED) is 0.870. The summed E-state index contributed by atoms with van der Waals surface area (Å²) in [6.45, 7) is 7.57. The van der Waals surface area contributed by atoms with Crippen LogP contribution in [-0.2, 0) is 5.60 Å². The third kappa shape index (κ3) is 3.56. The van der Waals surface area contributed by atoms with Gasteiger partial charge in [-0.05, 0) is 23.8 Å². The molecule has 3 nitrogen and oxygen atoms in total. The van der Waals surface area contributed by atoms with E-state index >= 15 is 0 Å². The first kappa shape index (κ1) is 14.5. The van der Waals surface area contributed by atoms with E-state index in [0.29, 0.717) is 18.4 Å². The van der Waals surface area contributed by atoms with Gasteiger partial charge in [0.25, 0.3) is 0 Å². The zero-order chi connectivity index (χ0) is 13.9. The first-order valence-corrected chi connectivity index (χ1v) is 7.24. The molecule has 0 aromatic heterocycles. The van der Waals surface area contributed by atoms with Crippen LogP contribution in [0.2, 0.25) is 0 Å². The molecule has 3 N–H and O–H groups in total. The third-order valence-electron chi connectivity index (χ3n) is 4.08. The van der Waals surface area contributed by atoms with Gasteiger partial charge in [-0.2, -0.15) is 0 Å². The number of benzene rings is 1. The minimum Gasteiger partial charge on any atom is -0.382 e. The Morgan fingerprint density at radius 3 is 2.32 bits per heavy atom. The highest BCUT2D eigenvalue weighted by Gasteiger charge is 2.32. The molecule has 1 aliphatic rings. The first-order valence-electron chi connectivity index (χ1n) is 7.24. The van der Waals surface area contributed by atoms with Crippen LogP contribution in [-0.4, -0.2) is 36.2 Å². The van der Waals surface area contributed by atoms with Crippen LogP contribution in [0.1, 0.15) is 25.8 Å². The molecule has 2 rings (SSSR count). The van der Waals surface area contributed by atoms with Crippen LogP contribution in [0.4, 0.5) is 0 Å². The van der Waals surface area contributed by atoms with Crippen LogP contribution >= 0.6 is 0 Å². The summed E-state index contributed by atoms with van der Waals surface area (Å²) in [4.78, 5) is 2.36. The Kier molecular flexibility index (Phi) is 4.61. The Morgan fingerprint density at radius 1 is 1.21 bits per heavy atom. The Balaban J connectivity index is 2.10. The lowest BCUT2D eigenvalue weighted by Crippen LogP contribution is -2.50. The van der Waals surface area contributed by atoms with Gasteiger partial charge in [0, 0.05) is 26.2 Å². The summed E-state index contributed by atoms with van der Waals surface area (Å²) in [5.41, 5.74) is 5.84. The number of nitrogens with zero attached hydrogens (tertiary/aromatic N) is 1. The molecule has 106 valence electrons. The maximum Gasteiger partial charge on any atom is 0.114 e. The van der Waals surface area contributed by atoms with Crippen LogP contribution in [0, 0.1) is 11.8 Å². The zero-order valence-corrected chi connectivity index (χ0v) is 12.0. The van der Waals surface area contributed by atoms with Crippen molar-refractivity contribution in [2.45, 2.75) is 25.9 Å². The molecule has 3 unspecified atom stereocenters. The Labute approximate surface area is 116 Å². The van der Waals surface area contributed by atoms with Crippen LogP contribution in [0.15, 0.2) is 30.3 Å². The van der Waals surface area contributed by atoms with Gasteiger partial charge in [-0.15, -0.1) is 0 Å². The maximum atomic E-state index is 10.8. The Hall–Kier alpha value is -0.900. The summed E-state index contributed by atoms with van der Waals surface area (Å²) in [5, 5.41) is 10.8. The van der Waals surface area contributed by atoms with Gasteiger partial charge in [-0.1, -0.05) is 44.2 Å². The molecule has 1 heterocycles. The van der Waals surface area contributed by atoms with Crippen molar-refractivity contribution >= 4 is 0 Å². The van der Waals surface area contributed by atoms with Gasteiger partial charge in [0.15, 0.2) is 0 Å². The summed E-state index contributed by atoms with van der Waals surface area (Å²) in [5.74, 6) is 1.39. The van der Waals surface area contributed by atoms with Crippen LogP contribution in [0.25, 0.3) is 0 Å². The lowest BCUT2D eigenvalue weighted by molar-refractivity contribution is -0.0108. The smallest absolute Gasteiger partial charge is 0.114 e. The molecule has 1 aromatic carbocycles. The second-order valence-corrected chi connectivity index (χ2v) is 6.24. The Morgan fingerprint density at radius 2 is 1.79 bits per heavy atom. The van der Waals surface area contributed by atoms with E-state index in [1.165, 1.54) is 6.42 Å². The highest BCUT2D eigenvalue weighted by molar-refractivity contribution is 5.23. The van der Waals surface area contributed by atoms with Crippen molar-refractivity contribution < 1.29 is 5.11 Å².